The van der Waals surface area contributed by atoms with E-state index in [9.17, 15) is 22.4 Å². The van der Waals surface area contributed by atoms with E-state index in [1.165, 1.54) is 50.2 Å². The van der Waals surface area contributed by atoms with Crippen LogP contribution in [-0.2, 0) is 26.3 Å². The third kappa shape index (κ3) is 7.32. The van der Waals surface area contributed by atoms with Gasteiger partial charge >= 0.3 is 10.2 Å². The topological polar surface area (TPSA) is 90.0 Å². The summed E-state index contributed by atoms with van der Waals surface area (Å²) in [5.41, 5.74) is 0.214. The normalized spacial score (nSPS) is 13.2. The molecule has 0 saturated heterocycles. The van der Waals surface area contributed by atoms with Crippen LogP contribution in [0.5, 0.6) is 0 Å². The van der Waals surface area contributed by atoms with Gasteiger partial charge in [-0.3, -0.25) is 9.59 Å². The van der Waals surface area contributed by atoms with Crippen LogP contribution in [-0.4, -0.2) is 62.2 Å². The molecule has 1 N–H and O–H groups in total. The number of nitrogens with zero attached hydrogens (tertiary/aromatic N) is 3. The molecule has 2 amide bonds. The number of hydrogen-bond donors (Lipinski definition) is 1. The van der Waals surface area contributed by atoms with Gasteiger partial charge in [-0.2, -0.15) is 12.7 Å². The van der Waals surface area contributed by atoms with Crippen LogP contribution in [0.3, 0.4) is 0 Å². The second-order valence-corrected chi connectivity index (χ2v) is 11.4. The molecule has 0 bridgehead atoms. The van der Waals surface area contributed by atoms with Crippen molar-refractivity contribution >= 4 is 50.9 Å². The summed E-state index contributed by atoms with van der Waals surface area (Å²) in [5, 5.41) is 3.50. The van der Waals surface area contributed by atoms with Crippen molar-refractivity contribution in [3.63, 3.8) is 0 Å². The summed E-state index contributed by atoms with van der Waals surface area (Å²) in [7, 11) is -1.71. The number of hydrogen-bond acceptors (Lipinski definition) is 4. The summed E-state index contributed by atoms with van der Waals surface area (Å²) in [5.74, 6) is -1.96. The molecule has 0 heterocycles. The minimum Gasteiger partial charge on any atom is -0.352 e. The Morgan fingerprint density at radius 2 is 1.72 bits per heavy atom. The maximum atomic E-state index is 14.6. The van der Waals surface area contributed by atoms with Crippen LogP contribution in [0.25, 0.3) is 0 Å². The molecule has 2 aromatic carbocycles. The number of anilines is 1. The molecule has 2 aromatic rings. The zero-order chi connectivity index (χ0) is 27.2. The number of carbonyl (C=O) groups is 2. The van der Waals surface area contributed by atoms with Crippen LogP contribution in [0.15, 0.2) is 42.5 Å². The van der Waals surface area contributed by atoms with Gasteiger partial charge in [0.1, 0.15) is 18.4 Å². The van der Waals surface area contributed by atoms with E-state index in [-0.39, 0.29) is 23.3 Å². The van der Waals surface area contributed by atoms with Crippen molar-refractivity contribution in [1.82, 2.24) is 14.5 Å². The molecular formula is C24H31Cl2FN4O4S. The van der Waals surface area contributed by atoms with Crippen LogP contribution in [0, 0.1) is 5.82 Å². The lowest BCUT2D eigenvalue weighted by Crippen LogP contribution is -2.53. The van der Waals surface area contributed by atoms with Gasteiger partial charge in [-0.05, 0) is 50.1 Å². The lowest BCUT2D eigenvalue weighted by atomic mass is 10.1. The van der Waals surface area contributed by atoms with Crippen LogP contribution in [0.2, 0.25) is 10.0 Å². The fourth-order valence-corrected chi connectivity index (χ4v) is 4.77. The van der Waals surface area contributed by atoms with Crippen LogP contribution in [0.4, 0.5) is 10.1 Å². The molecule has 12 heteroatoms. The molecule has 0 aliphatic rings. The van der Waals surface area contributed by atoms with Crippen molar-refractivity contribution in [3.8, 4) is 0 Å². The first kappa shape index (κ1) is 29.8. The lowest BCUT2D eigenvalue weighted by molar-refractivity contribution is -0.139. The van der Waals surface area contributed by atoms with Crippen molar-refractivity contribution < 1.29 is 22.4 Å². The highest BCUT2D eigenvalue weighted by molar-refractivity contribution is 7.90. The predicted octanol–water partition coefficient (Wildman–Crippen LogP) is 4.08. The maximum Gasteiger partial charge on any atom is 0.304 e. The summed E-state index contributed by atoms with van der Waals surface area (Å²) in [6.45, 7) is 4.43. The Balaban J connectivity index is 2.50. The second kappa shape index (κ2) is 12.7. The first-order valence-corrected chi connectivity index (χ1v) is 13.4. The monoisotopic (exact) mass is 560 g/mol. The average Bonchev–Trinajstić information content (AvgIpc) is 2.81. The Morgan fingerprint density at radius 3 is 2.28 bits per heavy atom. The number of halogens is 3. The number of carbonyl (C=O) groups excluding carboxylic acids is 2. The molecule has 0 unspecified atom stereocenters. The molecule has 36 heavy (non-hydrogen) atoms. The van der Waals surface area contributed by atoms with Crippen molar-refractivity contribution in [2.24, 2.45) is 0 Å². The Bertz CT molecular complexity index is 1200. The van der Waals surface area contributed by atoms with Crippen molar-refractivity contribution in [2.75, 3.05) is 24.9 Å². The molecular weight excluding hydrogens is 530 g/mol. The van der Waals surface area contributed by atoms with E-state index in [0.29, 0.717) is 21.3 Å². The molecule has 2 atom stereocenters. The van der Waals surface area contributed by atoms with Gasteiger partial charge in [0, 0.05) is 36.7 Å². The Hall–Kier alpha value is -2.40. The third-order valence-corrected chi connectivity index (χ3v) is 8.06. The van der Waals surface area contributed by atoms with E-state index in [0.717, 1.165) is 10.4 Å². The highest BCUT2D eigenvalue weighted by Crippen LogP contribution is 2.26. The number of amides is 2. The zero-order valence-electron chi connectivity index (χ0n) is 20.8. The van der Waals surface area contributed by atoms with Gasteiger partial charge in [-0.1, -0.05) is 48.3 Å². The smallest absolute Gasteiger partial charge is 0.304 e. The summed E-state index contributed by atoms with van der Waals surface area (Å²) >= 11 is 12.3. The van der Waals surface area contributed by atoms with Gasteiger partial charge in [0.2, 0.25) is 11.8 Å². The average molecular weight is 562 g/mol. The summed E-state index contributed by atoms with van der Waals surface area (Å²) in [6, 6.07) is 8.85. The molecule has 0 aliphatic carbocycles. The van der Waals surface area contributed by atoms with E-state index in [1.807, 2.05) is 13.8 Å². The fraction of sp³-hybridized carbons (Fsp3) is 0.417. The van der Waals surface area contributed by atoms with Gasteiger partial charge in [0.25, 0.3) is 0 Å². The fourth-order valence-electron chi connectivity index (χ4n) is 3.24. The summed E-state index contributed by atoms with van der Waals surface area (Å²) in [6.07, 6.45) is 0.678. The quantitative estimate of drug-likeness (QED) is 0.448. The standard InChI is InChI=1S/C24H31Cl2FN4O4S/c1-6-16(2)28-24(33)17(3)30(14-18-11-12-19(25)13-20(18)26)23(32)15-31(36(34,35)29(4)5)22-10-8-7-9-21(22)27/h7-13,16-17H,6,14-15H2,1-5H3,(H,28,33)/t16-,17+/m0/s1. The SMILES string of the molecule is CC[C@H](C)NC(=O)[C@@H](C)N(Cc1ccc(Cl)cc1Cl)C(=O)CN(c1ccccc1F)S(=O)(=O)N(C)C. The van der Waals surface area contributed by atoms with Gasteiger partial charge in [-0.15, -0.1) is 0 Å². The van der Waals surface area contributed by atoms with Crippen molar-refractivity contribution in [2.45, 2.75) is 45.8 Å². The van der Waals surface area contributed by atoms with Gasteiger partial charge in [0.15, 0.2) is 0 Å². The van der Waals surface area contributed by atoms with E-state index in [2.05, 4.69) is 5.32 Å². The summed E-state index contributed by atoms with van der Waals surface area (Å²) in [4.78, 5) is 27.8. The molecule has 0 saturated carbocycles. The van der Waals surface area contributed by atoms with E-state index < -0.39 is 40.4 Å². The van der Waals surface area contributed by atoms with Crippen molar-refractivity contribution in [3.05, 3.63) is 63.9 Å². The number of rotatable bonds is 11. The van der Waals surface area contributed by atoms with E-state index in [4.69, 9.17) is 23.2 Å². The van der Waals surface area contributed by atoms with Gasteiger partial charge in [0.05, 0.1) is 5.69 Å². The Kier molecular flexibility index (Phi) is 10.5. The van der Waals surface area contributed by atoms with E-state index in [1.54, 1.807) is 12.1 Å². The maximum absolute atomic E-state index is 14.6. The molecule has 0 aromatic heterocycles. The van der Waals surface area contributed by atoms with Gasteiger partial charge < -0.3 is 10.2 Å². The van der Waals surface area contributed by atoms with Gasteiger partial charge in [-0.25, -0.2) is 8.70 Å². The largest absolute Gasteiger partial charge is 0.352 e. The molecule has 0 aliphatic heterocycles. The second-order valence-electron chi connectivity index (χ2n) is 8.50. The number of benzene rings is 2. The predicted molar refractivity (Wildman–Crippen MR) is 141 cm³/mol. The molecule has 8 nitrogen and oxygen atoms in total. The first-order chi connectivity index (χ1) is 16.8. The highest BCUT2D eigenvalue weighted by Gasteiger charge is 2.34. The van der Waals surface area contributed by atoms with Crippen LogP contribution in [0.1, 0.15) is 32.8 Å². The number of para-hydroxylation sites is 1. The lowest BCUT2D eigenvalue weighted by Gasteiger charge is -2.33. The third-order valence-electron chi connectivity index (χ3n) is 5.66. The summed E-state index contributed by atoms with van der Waals surface area (Å²) < 4.78 is 42.4. The Labute approximate surface area is 222 Å². The van der Waals surface area contributed by atoms with Crippen LogP contribution < -0.4 is 9.62 Å². The molecule has 0 spiro atoms. The first-order valence-electron chi connectivity index (χ1n) is 11.3. The minimum absolute atomic E-state index is 0.100. The van der Waals surface area contributed by atoms with E-state index >= 15 is 0 Å². The molecule has 2 rings (SSSR count). The highest BCUT2D eigenvalue weighted by atomic mass is 35.5. The van der Waals surface area contributed by atoms with Crippen LogP contribution >= 0.6 is 23.2 Å². The number of nitrogens with one attached hydrogen (secondary N) is 1. The molecule has 0 radical (unpaired) electrons. The van der Waals surface area contributed by atoms with Crippen molar-refractivity contribution in [1.29, 1.82) is 0 Å². The zero-order valence-corrected chi connectivity index (χ0v) is 23.2. The minimum atomic E-state index is -4.26. The molecule has 0 fully saturated rings. The molecule has 198 valence electrons. The Morgan fingerprint density at radius 1 is 1.08 bits per heavy atom.